The molecule has 1 aromatic carbocycles. The molecule has 19 heavy (non-hydrogen) atoms. The minimum absolute atomic E-state index is 0.0611. The van der Waals surface area contributed by atoms with Crippen molar-refractivity contribution in [3.63, 3.8) is 0 Å². The van der Waals surface area contributed by atoms with Crippen LogP contribution in [0.25, 0.3) is 0 Å². The summed E-state index contributed by atoms with van der Waals surface area (Å²) in [5.41, 5.74) is 1.07. The SMILES string of the molecule is CCCNc1ccc(OC(=O)C2CCCCC2)cc1. The fourth-order valence-electron chi connectivity index (χ4n) is 2.45. The molecule has 1 fully saturated rings. The zero-order chi connectivity index (χ0) is 13.5. The van der Waals surface area contributed by atoms with Gasteiger partial charge in [-0.1, -0.05) is 26.2 Å². The standard InChI is InChI=1S/C16H23NO2/c1-2-12-17-14-8-10-15(11-9-14)19-16(18)13-6-4-3-5-7-13/h8-11,13,17H,2-7,12H2,1H3. The van der Waals surface area contributed by atoms with Gasteiger partial charge in [-0.25, -0.2) is 0 Å². The third kappa shape index (κ3) is 4.27. The van der Waals surface area contributed by atoms with E-state index in [1.54, 1.807) is 0 Å². The predicted octanol–water partition coefficient (Wildman–Crippen LogP) is 3.99. The van der Waals surface area contributed by atoms with Crippen LogP contribution in [0.1, 0.15) is 45.4 Å². The lowest BCUT2D eigenvalue weighted by Gasteiger charge is -2.19. The summed E-state index contributed by atoms with van der Waals surface area (Å²) in [6.45, 7) is 3.09. The van der Waals surface area contributed by atoms with Crippen LogP contribution in [-0.2, 0) is 4.79 Å². The molecule has 0 amide bonds. The summed E-state index contributed by atoms with van der Waals surface area (Å²) in [4.78, 5) is 12.0. The lowest BCUT2D eigenvalue weighted by atomic mass is 9.89. The molecule has 2 rings (SSSR count). The Morgan fingerprint density at radius 2 is 1.89 bits per heavy atom. The predicted molar refractivity (Wildman–Crippen MR) is 77.4 cm³/mol. The Balaban J connectivity index is 1.86. The van der Waals surface area contributed by atoms with Gasteiger partial charge < -0.3 is 10.1 Å². The number of benzene rings is 1. The highest BCUT2D eigenvalue weighted by molar-refractivity contribution is 5.75. The number of anilines is 1. The van der Waals surface area contributed by atoms with Gasteiger partial charge in [0.05, 0.1) is 5.92 Å². The Labute approximate surface area is 115 Å². The van der Waals surface area contributed by atoms with Gasteiger partial charge in [-0.05, 0) is 43.5 Å². The smallest absolute Gasteiger partial charge is 0.314 e. The number of hydrogen-bond donors (Lipinski definition) is 1. The molecule has 0 heterocycles. The second kappa shape index (κ2) is 7.17. The van der Waals surface area contributed by atoms with Crippen molar-refractivity contribution in [3.05, 3.63) is 24.3 Å². The second-order valence-corrected chi connectivity index (χ2v) is 5.21. The zero-order valence-corrected chi connectivity index (χ0v) is 11.7. The van der Waals surface area contributed by atoms with Crippen LogP contribution in [0.4, 0.5) is 5.69 Å². The number of rotatable bonds is 5. The summed E-state index contributed by atoms with van der Waals surface area (Å²) in [6.07, 6.45) is 6.61. The van der Waals surface area contributed by atoms with Crippen molar-refractivity contribution in [3.8, 4) is 5.75 Å². The molecule has 0 aromatic heterocycles. The molecule has 1 saturated carbocycles. The van der Waals surface area contributed by atoms with Crippen molar-refractivity contribution in [2.45, 2.75) is 45.4 Å². The van der Waals surface area contributed by atoms with Gasteiger partial charge in [0.2, 0.25) is 0 Å². The van der Waals surface area contributed by atoms with Crippen LogP contribution in [0, 0.1) is 5.92 Å². The molecule has 1 aromatic rings. The quantitative estimate of drug-likeness (QED) is 0.643. The van der Waals surface area contributed by atoms with E-state index in [9.17, 15) is 4.79 Å². The second-order valence-electron chi connectivity index (χ2n) is 5.21. The number of ether oxygens (including phenoxy) is 1. The van der Waals surface area contributed by atoms with Crippen molar-refractivity contribution >= 4 is 11.7 Å². The van der Waals surface area contributed by atoms with E-state index in [0.29, 0.717) is 5.75 Å². The first-order valence-electron chi connectivity index (χ1n) is 7.35. The van der Waals surface area contributed by atoms with Gasteiger partial charge in [-0.2, -0.15) is 0 Å². The number of esters is 1. The van der Waals surface area contributed by atoms with E-state index < -0.39 is 0 Å². The van der Waals surface area contributed by atoms with E-state index in [1.807, 2.05) is 24.3 Å². The maximum Gasteiger partial charge on any atom is 0.314 e. The van der Waals surface area contributed by atoms with Crippen LogP contribution in [-0.4, -0.2) is 12.5 Å². The van der Waals surface area contributed by atoms with Gasteiger partial charge in [-0.15, -0.1) is 0 Å². The molecule has 0 bridgehead atoms. The number of carbonyl (C=O) groups excluding carboxylic acids is 1. The fourth-order valence-corrected chi connectivity index (χ4v) is 2.45. The molecule has 0 radical (unpaired) electrons. The van der Waals surface area contributed by atoms with E-state index in [0.717, 1.165) is 44.3 Å². The van der Waals surface area contributed by atoms with Gasteiger partial charge in [0.1, 0.15) is 5.75 Å². The van der Waals surface area contributed by atoms with Crippen LogP contribution >= 0.6 is 0 Å². The summed E-state index contributed by atoms with van der Waals surface area (Å²) >= 11 is 0. The average Bonchev–Trinajstić information content (AvgIpc) is 2.47. The lowest BCUT2D eigenvalue weighted by molar-refractivity contribution is -0.139. The maximum atomic E-state index is 12.0. The molecule has 0 saturated heterocycles. The van der Waals surface area contributed by atoms with E-state index in [2.05, 4.69) is 12.2 Å². The van der Waals surface area contributed by atoms with E-state index >= 15 is 0 Å². The number of hydrogen-bond acceptors (Lipinski definition) is 3. The third-order valence-corrected chi connectivity index (χ3v) is 3.59. The molecular weight excluding hydrogens is 238 g/mol. The highest BCUT2D eigenvalue weighted by Crippen LogP contribution is 2.26. The van der Waals surface area contributed by atoms with E-state index in [4.69, 9.17) is 4.74 Å². The minimum Gasteiger partial charge on any atom is -0.426 e. The Kier molecular flexibility index (Phi) is 5.25. The van der Waals surface area contributed by atoms with Gasteiger partial charge in [0, 0.05) is 12.2 Å². The molecule has 0 aliphatic heterocycles. The van der Waals surface area contributed by atoms with Crippen molar-refractivity contribution in [2.24, 2.45) is 5.92 Å². The molecular formula is C16H23NO2. The first-order valence-corrected chi connectivity index (χ1v) is 7.35. The van der Waals surface area contributed by atoms with Crippen LogP contribution < -0.4 is 10.1 Å². The van der Waals surface area contributed by atoms with Gasteiger partial charge in [0.25, 0.3) is 0 Å². The molecule has 0 spiro atoms. The Hall–Kier alpha value is -1.51. The van der Waals surface area contributed by atoms with Crippen LogP contribution in [0.5, 0.6) is 5.75 Å². The van der Waals surface area contributed by atoms with E-state index in [-0.39, 0.29) is 11.9 Å². The molecule has 1 aliphatic carbocycles. The topological polar surface area (TPSA) is 38.3 Å². The van der Waals surface area contributed by atoms with Gasteiger partial charge >= 0.3 is 5.97 Å². The Morgan fingerprint density at radius 3 is 2.53 bits per heavy atom. The fraction of sp³-hybridized carbons (Fsp3) is 0.562. The first kappa shape index (κ1) is 13.9. The highest BCUT2D eigenvalue weighted by atomic mass is 16.5. The summed E-state index contributed by atoms with van der Waals surface area (Å²) in [7, 11) is 0. The molecule has 0 unspecified atom stereocenters. The van der Waals surface area contributed by atoms with Crippen LogP contribution in [0.3, 0.4) is 0 Å². The molecule has 1 N–H and O–H groups in total. The minimum atomic E-state index is -0.0611. The van der Waals surface area contributed by atoms with Gasteiger partial charge in [-0.3, -0.25) is 4.79 Å². The molecule has 0 atom stereocenters. The lowest BCUT2D eigenvalue weighted by Crippen LogP contribution is -2.22. The molecule has 3 nitrogen and oxygen atoms in total. The number of carbonyl (C=O) groups is 1. The molecule has 1 aliphatic rings. The summed E-state index contributed by atoms with van der Waals surface area (Å²) < 4.78 is 5.45. The zero-order valence-electron chi connectivity index (χ0n) is 11.7. The Bertz CT molecular complexity index is 394. The molecule has 104 valence electrons. The highest BCUT2D eigenvalue weighted by Gasteiger charge is 2.22. The molecule has 3 heteroatoms. The van der Waals surface area contributed by atoms with Crippen LogP contribution in [0.15, 0.2) is 24.3 Å². The summed E-state index contributed by atoms with van der Waals surface area (Å²) in [6, 6.07) is 7.63. The normalized spacial score (nSPS) is 16.1. The Morgan fingerprint density at radius 1 is 1.21 bits per heavy atom. The summed E-state index contributed by atoms with van der Waals surface area (Å²) in [5, 5.41) is 3.30. The average molecular weight is 261 g/mol. The van der Waals surface area contributed by atoms with Crippen molar-refractivity contribution in [1.82, 2.24) is 0 Å². The van der Waals surface area contributed by atoms with Gasteiger partial charge in [0.15, 0.2) is 0 Å². The third-order valence-electron chi connectivity index (χ3n) is 3.59. The largest absolute Gasteiger partial charge is 0.426 e. The summed E-state index contributed by atoms with van der Waals surface area (Å²) in [5.74, 6) is 0.693. The first-order chi connectivity index (χ1) is 9.29. The van der Waals surface area contributed by atoms with Crippen molar-refractivity contribution in [2.75, 3.05) is 11.9 Å². The van der Waals surface area contributed by atoms with Crippen LogP contribution in [0.2, 0.25) is 0 Å². The maximum absolute atomic E-state index is 12.0. The van der Waals surface area contributed by atoms with Crippen molar-refractivity contribution in [1.29, 1.82) is 0 Å². The van der Waals surface area contributed by atoms with E-state index in [1.165, 1.54) is 6.42 Å². The van der Waals surface area contributed by atoms with Crippen molar-refractivity contribution < 1.29 is 9.53 Å². The monoisotopic (exact) mass is 261 g/mol. The number of nitrogens with one attached hydrogen (secondary N) is 1.